The van der Waals surface area contributed by atoms with E-state index in [1.54, 1.807) is 37.3 Å². The smallest absolute Gasteiger partial charge is 0.253 e. The van der Waals surface area contributed by atoms with Gasteiger partial charge in [-0.05, 0) is 75.2 Å². The Morgan fingerprint density at radius 1 is 1.00 bits per heavy atom. The first kappa shape index (κ1) is 21.8. The molecule has 0 bridgehead atoms. The highest BCUT2D eigenvalue weighted by Gasteiger charge is 2.25. The van der Waals surface area contributed by atoms with Gasteiger partial charge < -0.3 is 9.80 Å². The second-order valence-electron chi connectivity index (χ2n) is 8.30. The Morgan fingerprint density at radius 3 is 2.23 bits per heavy atom. The maximum atomic E-state index is 12.9. The van der Waals surface area contributed by atoms with Crippen molar-refractivity contribution in [2.45, 2.75) is 37.8 Å². The highest BCUT2D eigenvalue weighted by molar-refractivity contribution is 7.92. The van der Waals surface area contributed by atoms with Gasteiger partial charge in [-0.15, -0.1) is 0 Å². The number of fused-ring (bicyclic) bond motifs is 1. The third-order valence-corrected chi connectivity index (χ3v) is 9.13. The van der Waals surface area contributed by atoms with Gasteiger partial charge >= 0.3 is 0 Å². The van der Waals surface area contributed by atoms with Gasteiger partial charge in [-0.2, -0.15) is 0 Å². The molecule has 1 aromatic heterocycles. The fourth-order valence-corrected chi connectivity index (χ4v) is 5.80. The Morgan fingerprint density at radius 2 is 1.61 bits per heavy atom. The molecule has 0 unspecified atom stereocenters. The fourth-order valence-electron chi connectivity index (χ4n) is 3.65. The molecule has 0 spiro atoms. The molecule has 0 atom stereocenters. The molecule has 8 heteroatoms. The van der Waals surface area contributed by atoms with Crippen molar-refractivity contribution in [3.05, 3.63) is 53.1 Å². The van der Waals surface area contributed by atoms with E-state index in [4.69, 9.17) is 4.98 Å². The van der Waals surface area contributed by atoms with Crippen LogP contribution < -0.4 is 4.90 Å². The minimum absolute atomic E-state index is 0.0660. The minimum atomic E-state index is -3.34. The number of aromatic nitrogens is 1. The number of nitrogens with zero attached hydrogens (tertiary/aromatic N) is 3. The molecule has 0 radical (unpaired) electrons. The van der Waals surface area contributed by atoms with Crippen LogP contribution in [0.1, 0.15) is 35.3 Å². The first-order valence-corrected chi connectivity index (χ1v) is 12.8. The van der Waals surface area contributed by atoms with E-state index in [0.29, 0.717) is 18.7 Å². The highest BCUT2D eigenvalue weighted by Crippen LogP contribution is 2.31. The number of hydrogen-bond acceptors (Lipinski definition) is 6. The topological polar surface area (TPSA) is 70.6 Å². The van der Waals surface area contributed by atoms with Crippen molar-refractivity contribution < 1.29 is 13.2 Å². The van der Waals surface area contributed by atoms with E-state index in [2.05, 4.69) is 30.9 Å². The maximum Gasteiger partial charge on any atom is 0.253 e. The predicted molar refractivity (Wildman–Crippen MR) is 126 cm³/mol. The second kappa shape index (κ2) is 8.24. The molecule has 2 aromatic carbocycles. The van der Waals surface area contributed by atoms with Crippen molar-refractivity contribution in [2.24, 2.45) is 0 Å². The average molecular weight is 458 g/mol. The minimum Gasteiger partial charge on any atom is -0.345 e. The van der Waals surface area contributed by atoms with Crippen molar-refractivity contribution >= 4 is 42.4 Å². The lowest BCUT2D eigenvalue weighted by atomic mass is 10.1. The summed E-state index contributed by atoms with van der Waals surface area (Å²) in [4.78, 5) is 22.0. The number of thiazole rings is 1. The van der Waals surface area contributed by atoms with Crippen molar-refractivity contribution in [3.8, 4) is 0 Å². The summed E-state index contributed by atoms with van der Waals surface area (Å²) in [5, 5.41) is 0.507. The zero-order valence-corrected chi connectivity index (χ0v) is 19.9. The Balaban J connectivity index is 1.43. The van der Waals surface area contributed by atoms with Crippen molar-refractivity contribution in [2.75, 3.05) is 31.1 Å². The number of piperazine rings is 1. The lowest BCUT2D eigenvalue weighted by Gasteiger charge is -2.34. The number of amides is 1. The van der Waals surface area contributed by atoms with Crippen LogP contribution in [0, 0.1) is 13.8 Å². The first-order valence-electron chi connectivity index (χ1n) is 10.4. The van der Waals surface area contributed by atoms with E-state index in [1.165, 1.54) is 28.0 Å². The standard InChI is InChI=1S/C23H27N3O3S2/c1-15(2)31(28,29)19-7-5-18(6-8-19)22(27)25-9-11-26(12-10-25)23-24-20-13-16(3)17(4)14-21(20)30-23/h5-8,13-15H,9-12H2,1-4H3. The number of hydrogen-bond donors (Lipinski definition) is 0. The Bertz CT molecular complexity index is 1180. The van der Waals surface area contributed by atoms with Gasteiger partial charge in [0.05, 0.1) is 20.4 Å². The zero-order chi connectivity index (χ0) is 22.3. The molecule has 1 aliphatic rings. The van der Waals surface area contributed by atoms with Gasteiger partial charge in [0.2, 0.25) is 0 Å². The Labute approximate surface area is 187 Å². The van der Waals surface area contributed by atoms with Crippen molar-refractivity contribution in [1.29, 1.82) is 0 Å². The molecule has 2 heterocycles. The molecule has 3 aromatic rings. The molecular weight excluding hydrogens is 430 g/mol. The van der Waals surface area contributed by atoms with Gasteiger partial charge in [0.15, 0.2) is 15.0 Å². The molecule has 1 amide bonds. The van der Waals surface area contributed by atoms with E-state index < -0.39 is 15.1 Å². The second-order valence-corrected chi connectivity index (χ2v) is 11.8. The fraction of sp³-hybridized carbons (Fsp3) is 0.391. The van der Waals surface area contributed by atoms with E-state index in [-0.39, 0.29) is 10.8 Å². The molecule has 0 N–H and O–H groups in total. The maximum absolute atomic E-state index is 12.9. The van der Waals surface area contributed by atoms with Crippen LogP contribution in [-0.2, 0) is 9.84 Å². The molecular formula is C23H27N3O3S2. The largest absolute Gasteiger partial charge is 0.345 e. The summed E-state index contributed by atoms with van der Waals surface area (Å²) in [5.41, 5.74) is 4.05. The van der Waals surface area contributed by atoms with Crippen LogP contribution in [0.3, 0.4) is 0 Å². The summed E-state index contributed by atoms with van der Waals surface area (Å²) in [6, 6.07) is 10.6. The zero-order valence-electron chi connectivity index (χ0n) is 18.3. The molecule has 0 saturated carbocycles. The van der Waals surface area contributed by atoms with Crippen LogP contribution in [-0.4, -0.2) is 55.6 Å². The molecule has 1 saturated heterocycles. The molecule has 4 rings (SSSR count). The van der Waals surface area contributed by atoms with Crippen LogP contribution in [0.4, 0.5) is 5.13 Å². The molecule has 164 valence electrons. The van der Waals surface area contributed by atoms with E-state index in [1.807, 2.05) is 4.90 Å². The van der Waals surface area contributed by atoms with E-state index >= 15 is 0 Å². The lowest BCUT2D eigenvalue weighted by molar-refractivity contribution is 0.0746. The number of aryl methyl sites for hydroxylation is 2. The summed E-state index contributed by atoms with van der Waals surface area (Å²) < 4.78 is 25.8. The number of rotatable bonds is 4. The van der Waals surface area contributed by atoms with E-state index in [0.717, 1.165) is 23.7 Å². The number of carbonyl (C=O) groups is 1. The summed E-state index contributed by atoms with van der Waals surface area (Å²) in [6.45, 7) is 10.2. The average Bonchev–Trinajstić information content (AvgIpc) is 3.16. The van der Waals surface area contributed by atoms with Gasteiger partial charge in [0.25, 0.3) is 5.91 Å². The third-order valence-electron chi connectivity index (χ3n) is 5.88. The summed E-state index contributed by atoms with van der Waals surface area (Å²) >= 11 is 1.69. The number of anilines is 1. The van der Waals surface area contributed by atoms with Gasteiger partial charge in [-0.25, -0.2) is 13.4 Å². The Hall–Kier alpha value is -2.45. The van der Waals surface area contributed by atoms with Gasteiger partial charge in [0.1, 0.15) is 0 Å². The number of sulfone groups is 1. The van der Waals surface area contributed by atoms with Crippen LogP contribution in [0.2, 0.25) is 0 Å². The lowest BCUT2D eigenvalue weighted by Crippen LogP contribution is -2.48. The summed E-state index contributed by atoms with van der Waals surface area (Å²) in [6.07, 6.45) is 0. The van der Waals surface area contributed by atoms with Gasteiger partial charge in [-0.3, -0.25) is 4.79 Å². The monoisotopic (exact) mass is 457 g/mol. The molecule has 1 fully saturated rings. The third kappa shape index (κ3) is 4.19. The van der Waals surface area contributed by atoms with Crippen molar-refractivity contribution in [3.63, 3.8) is 0 Å². The van der Waals surface area contributed by atoms with Crippen molar-refractivity contribution in [1.82, 2.24) is 9.88 Å². The molecule has 6 nitrogen and oxygen atoms in total. The predicted octanol–water partition coefficient (Wildman–Crippen LogP) is 4.06. The summed E-state index contributed by atoms with van der Waals surface area (Å²) in [7, 11) is -3.34. The van der Waals surface area contributed by atoms with Crippen LogP contribution >= 0.6 is 11.3 Å². The molecule has 0 aliphatic carbocycles. The van der Waals surface area contributed by atoms with Crippen LogP contribution in [0.15, 0.2) is 41.3 Å². The molecule has 31 heavy (non-hydrogen) atoms. The normalized spacial score (nSPS) is 15.1. The highest BCUT2D eigenvalue weighted by atomic mass is 32.2. The van der Waals surface area contributed by atoms with Gasteiger partial charge in [0, 0.05) is 31.7 Å². The molecule has 1 aliphatic heterocycles. The summed E-state index contributed by atoms with van der Waals surface area (Å²) in [5.74, 6) is -0.0660. The van der Waals surface area contributed by atoms with Crippen LogP contribution in [0.25, 0.3) is 10.2 Å². The number of benzene rings is 2. The quantitative estimate of drug-likeness (QED) is 0.591. The SMILES string of the molecule is Cc1cc2nc(N3CCN(C(=O)c4ccc(S(=O)(=O)C(C)C)cc4)CC3)sc2cc1C. The first-order chi connectivity index (χ1) is 14.7. The number of carbonyl (C=O) groups excluding carboxylic acids is 1. The van der Waals surface area contributed by atoms with E-state index in [9.17, 15) is 13.2 Å². The van der Waals surface area contributed by atoms with Crippen LogP contribution in [0.5, 0.6) is 0 Å². The van der Waals surface area contributed by atoms with Gasteiger partial charge in [-0.1, -0.05) is 11.3 Å². The Kier molecular flexibility index (Phi) is 5.79.